The average molecular weight is 352 g/mol. The van der Waals surface area contributed by atoms with Crippen LogP contribution in [0.1, 0.15) is 48.4 Å². The fraction of sp³-hybridized carbons (Fsp3) is 0.688. The van der Waals surface area contributed by atoms with Gasteiger partial charge in [0.05, 0.1) is 11.5 Å². The summed E-state index contributed by atoms with van der Waals surface area (Å²) >= 11 is 0. The molecule has 1 saturated carbocycles. The van der Waals surface area contributed by atoms with Gasteiger partial charge in [0.25, 0.3) is 5.91 Å². The van der Waals surface area contributed by atoms with Crippen LogP contribution in [0.25, 0.3) is 0 Å². The second-order valence-electron chi connectivity index (χ2n) is 6.78. The number of anilines is 1. The molecule has 0 aromatic carbocycles. The normalized spacial score (nSPS) is 23.3. The molecule has 2 aliphatic rings. The van der Waals surface area contributed by atoms with E-state index in [1.807, 2.05) is 0 Å². The maximum absolute atomic E-state index is 12.7. The van der Waals surface area contributed by atoms with Crippen LogP contribution < -0.4 is 5.32 Å². The zero-order chi connectivity index (χ0) is 17.3. The first-order valence-corrected chi connectivity index (χ1v) is 10.3. The Labute approximate surface area is 142 Å². The Morgan fingerprint density at radius 3 is 2.58 bits per heavy atom. The predicted molar refractivity (Wildman–Crippen MR) is 91.8 cm³/mol. The van der Waals surface area contributed by atoms with E-state index in [4.69, 9.17) is 0 Å². The summed E-state index contributed by atoms with van der Waals surface area (Å²) in [4.78, 5) is 22.8. The van der Waals surface area contributed by atoms with Crippen molar-refractivity contribution in [2.24, 2.45) is 0 Å². The average Bonchev–Trinajstić information content (AvgIpc) is 3.14. The molecule has 1 aliphatic heterocycles. The molecule has 24 heavy (non-hydrogen) atoms. The molecule has 1 saturated heterocycles. The topological polar surface area (TPSA) is 92.3 Å². The molecule has 7 nitrogen and oxygen atoms in total. The van der Waals surface area contributed by atoms with Crippen molar-refractivity contribution in [3.63, 3.8) is 0 Å². The number of aromatic nitrogens is 2. The Morgan fingerprint density at radius 2 is 1.96 bits per heavy atom. The Bertz CT molecular complexity index is 729. The van der Waals surface area contributed by atoms with Crippen LogP contribution in [0.4, 0.5) is 5.82 Å². The smallest absolute Gasteiger partial charge is 0.272 e. The van der Waals surface area contributed by atoms with E-state index in [0.717, 1.165) is 12.8 Å². The number of amides is 1. The van der Waals surface area contributed by atoms with Crippen molar-refractivity contribution in [3.05, 3.63) is 17.6 Å². The second kappa shape index (κ2) is 6.66. The van der Waals surface area contributed by atoms with E-state index in [1.54, 1.807) is 20.0 Å². The molecule has 1 N–H and O–H groups in total. The van der Waals surface area contributed by atoms with Gasteiger partial charge in [-0.2, -0.15) is 0 Å². The Hall–Kier alpha value is -1.70. The van der Waals surface area contributed by atoms with Gasteiger partial charge in [-0.3, -0.25) is 4.79 Å². The predicted octanol–water partition coefficient (Wildman–Crippen LogP) is 1.40. The summed E-state index contributed by atoms with van der Waals surface area (Å²) in [5, 5.41) is 3.38. The highest BCUT2D eigenvalue weighted by atomic mass is 32.2. The summed E-state index contributed by atoms with van der Waals surface area (Å²) in [6, 6.07) is 1.80. The third-order valence-electron chi connectivity index (χ3n) is 4.84. The van der Waals surface area contributed by atoms with Crippen molar-refractivity contribution in [2.45, 2.75) is 51.1 Å². The minimum atomic E-state index is -3.03. The van der Waals surface area contributed by atoms with Gasteiger partial charge >= 0.3 is 0 Å². The number of carbonyl (C=O) groups is 1. The highest BCUT2D eigenvalue weighted by Gasteiger charge is 2.33. The van der Waals surface area contributed by atoms with Crippen molar-refractivity contribution < 1.29 is 13.2 Å². The van der Waals surface area contributed by atoms with Gasteiger partial charge < -0.3 is 10.2 Å². The van der Waals surface area contributed by atoms with E-state index < -0.39 is 9.84 Å². The molecule has 1 aliphatic carbocycles. The maximum atomic E-state index is 12.7. The molecule has 0 spiro atoms. The zero-order valence-corrected chi connectivity index (χ0v) is 15.0. The van der Waals surface area contributed by atoms with Crippen LogP contribution in [-0.2, 0) is 9.84 Å². The summed E-state index contributed by atoms with van der Waals surface area (Å²) in [5.41, 5.74) is 0.315. The van der Waals surface area contributed by atoms with Crippen molar-refractivity contribution in [3.8, 4) is 0 Å². The lowest BCUT2D eigenvalue weighted by atomic mass is 10.2. The number of hydrogen-bond donors (Lipinski definition) is 1. The first kappa shape index (κ1) is 17.1. The molecular formula is C16H24N4O3S. The number of hydrogen-bond acceptors (Lipinski definition) is 6. The molecule has 3 rings (SSSR count). The van der Waals surface area contributed by atoms with Gasteiger partial charge in [-0.25, -0.2) is 18.4 Å². The van der Waals surface area contributed by atoms with E-state index in [2.05, 4.69) is 15.3 Å². The lowest BCUT2D eigenvalue weighted by Gasteiger charge is -2.23. The van der Waals surface area contributed by atoms with Gasteiger partial charge in [-0.15, -0.1) is 0 Å². The fourth-order valence-electron chi connectivity index (χ4n) is 3.46. The van der Waals surface area contributed by atoms with E-state index in [1.165, 1.54) is 17.7 Å². The largest absolute Gasteiger partial charge is 0.367 e. The molecular weight excluding hydrogens is 328 g/mol. The SMILES string of the molecule is Cc1nc(NC2CCCC2)cc(C(=O)N(C)C2CCS(=O)(=O)C2)n1. The van der Waals surface area contributed by atoms with Crippen molar-refractivity contribution >= 4 is 21.6 Å². The van der Waals surface area contributed by atoms with Crippen LogP contribution in [0.2, 0.25) is 0 Å². The highest BCUT2D eigenvalue weighted by Crippen LogP contribution is 2.23. The number of nitrogens with one attached hydrogen (secondary N) is 1. The minimum absolute atomic E-state index is 0.0342. The third kappa shape index (κ3) is 3.85. The monoisotopic (exact) mass is 352 g/mol. The summed E-state index contributed by atoms with van der Waals surface area (Å²) < 4.78 is 23.3. The summed E-state index contributed by atoms with van der Waals surface area (Å²) in [5.74, 6) is 1.13. The van der Waals surface area contributed by atoms with Crippen LogP contribution in [0.5, 0.6) is 0 Å². The summed E-state index contributed by atoms with van der Waals surface area (Å²) in [6.45, 7) is 1.76. The van der Waals surface area contributed by atoms with Crippen molar-refractivity contribution in [1.82, 2.24) is 14.9 Å². The molecule has 1 aromatic rings. The number of carbonyl (C=O) groups excluding carboxylic acids is 1. The Morgan fingerprint density at radius 1 is 1.25 bits per heavy atom. The van der Waals surface area contributed by atoms with Crippen LogP contribution >= 0.6 is 0 Å². The van der Waals surface area contributed by atoms with Gasteiger partial charge in [0.1, 0.15) is 17.3 Å². The number of rotatable bonds is 4. The molecule has 2 heterocycles. The minimum Gasteiger partial charge on any atom is -0.367 e. The molecule has 8 heteroatoms. The van der Waals surface area contributed by atoms with E-state index >= 15 is 0 Å². The van der Waals surface area contributed by atoms with Crippen LogP contribution in [0, 0.1) is 6.92 Å². The number of nitrogens with zero attached hydrogens (tertiary/aromatic N) is 3. The number of sulfone groups is 1. The van der Waals surface area contributed by atoms with E-state index in [0.29, 0.717) is 29.8 Å². The first-order chi connectivity index (χ1) is 11.3. The zero-order valence-electron chi connectivity index (χ0n) is 14.2. The molecule has 1 aromatic heterocycles. The molecule has 1 atom stereocenters. The van der Waals surface area contributed by atoms with E-state index in [-0.39, 0.29) is 23.5 Å². The second-order valence-corrected chi connectivity index (χ2v) is 9.01. The molecule has 1 unspecified atom stereocenters. The molecule has 132 valence electrons. The lowest BCUT2D eigenvalue weighted by Crippen LogP contribution is -2.38. The summed E-state index contributed by atoms with van der Waals surface area (Å²) in [6.07, 6.45) is 5.15. The van der Waals surface area contributed by atoms with Gasteiger partial charge in [-0.1, -0.05) is 12.8 Å². The molecule has 0 bridgehead atoms. The molecule has 1 amide bonds. The summed E-state index contributed by atoms with van der Waals surface area (Å²) in [7, 11) is -1.38. The van der Waals surface area contributed by atoms with E-state index in [9.17, 15) is 13.2 Å². The fourth-order valence-corrected chi connectivity index (χ4v) is 5.23. The molecule has 2 fully saturated rings. The van der Waals surface area contributed by atoms with Crippen molar-refractivity contribution in [2.75, 3.05) is 23.9 Å². The van der Waals surface area contributed by atoms with Crippen LogP contribution in [-0.4, -0.2) is 59.8 Å². The van der Waals surface area contributed by atoms with Crippen molar-refractivity contribution in [1.29, 1.82) is 0 Å². The van der Waals surface area contributed by atoms with Crippen LogP contribution in [0.15, 0.2) is 6.07 Å². The standard InChI is InChI=1S/C16H24N4O3S/c1-11-17-14(9-15(18-11)19-12-5-3-4-6-12)16(21)20(2)13-7-8-24(22,23)10-13/h9,12-13H,3-8,10H2,1-2H3,(H,17,18,19). The highest BCUT2D eigenvalue weighted by molar-refractivity contribution is 7.91. The third-order valence-corrected chi connectivity index (χ3v) is 6.59. The first-order valence-electron chi connectivity index (χ1n) is 8.44. The number of aryl methyl sites for hydroxylation is 1. The lowest BCUT2D eigenvalue weighted by molar-refractivity contribution is 0.0741. The van der Waals surface area contributed by atoms with Gasteiger partial charge in [0.2, 0.25) is 0 Å². The Kier molecular flexibility index (Phi) is 4.76. The van der Waals surface area contributed by atoms with Gasteiger partial charge in [0.15, 0.2) is 9.84 Å². The van der Waals surface area contributed by atoms with Gasteiger partial charge in [0, 0.05) is 25.2 Å². The maximum Gasteiger partial charge on any atom is 0.272 e. The quantitative estimate of drug-likeness (QED) is 0.880. The van der Waals surface area contributed by atoms with Crippen LogP contribution in [0.3, 0.4) is 0 Å². The van der Waals surface area contributed by atoms with Gasteiger partial charge in [-0.05, 0) is 26.2 Å². The molecule has 0 radical (unpaired) electrons. The Balaban J connectivity index is 1.75.